The van der Waals surface area contributed by atoms with Crippen molar-refractivity contribution in [3.63, 3.8) is 0 Å². The third-order valence-electron chi connectivity index (χ3n) is 3.89. The van der Waals surface area contributed by atoms with Gasteiger partial charge in [-0.25, -0.2) is 4.79 Å². The largest absolute Gasteiger partial charge is 0.481 e. The van der Waals surface area contributed by atoms with Gasteiger partial charge in [-0.15, -0.1) is 0 Å². The van der Waals surface area contributed by atoms with E-state index in [0.29, 0.717) is 25.8 Å². The summed E-state index contributed by atoms with van der Waals surface area (Å²) in [7, 11) is -1.24. The molecule has 0 bridgehead atoms. The summed E-state index contributed by atoms with van der Waals surface area (Å²) in [6, 6.07) is -3.46. The monoisotopic (exact) mass is 422 g/mol. The number of hydrogen-bond acceptors (Lipinski definition) is 7. The summed E-state index contributed by atoms with van der Waals surface area (Å²) in [6.07, 6.45) is 2.35. The second-order valence-electron chi connectivity index (χ2n) is 6.35. The van der Waals surface area contributed by atoms with Crippen molar-refractivity contribution in [3.8, 4) is 0 Å². The number of rotatable bonds is 15. The number of nitrogens with one attached hydrogen (secondary N) is 2. The van der Waals surface area contributed by atoms with Crippen LogP contribution in [0, 0.1) is 0 Å². The topological polar surface area (TPSA) is 202 Å². The molecule has 0 fully saturated rings. The molecular formula is C16H30N4O7S. The van der Waals surface area contributed by atoms with Gasteiger partial charge in [0.05, 0.1) is 6.04 Å². The highest BCUT2D eigenvalue weighted by atomic mass is 32.2. The Hall–Kier alpha value is -2.05. The van der Waals surface area contributed by atoms with Crippen LogP contribution in [0.3, 0.4) is 0 Å². The van der Waals surface area contributed by atoms with Crippen LogP contribution in [0.2, 0.25) is 0 Å². The van der Waals surface area contributed by atoms with E-state index >= 15 is 0 Å². The van der Waals surface area contributed by atoms with Crippen LogP contribution in [0.15, 0.2) is 0 Å². The molecule has 4 atom stereocenters. The van der Waals surface area contributed by atoms with E-state index < -0.39 is 59.1 Å². The summed E-state index contributed by atoms with van der Waals surface area (Å²) >= 11 is 0. The Morgan fingerprint density at radius 2 is 1.57 bits per heavy atom. The molecule has 0 saturated heterocycles. The van der Waals surface area contributed by atoms with Gasteiger partial charge in [-0.05, 0) is 32.2 Å². The molecule has 0 aromatic heterocycles. The Morgan fingerprint density at radius 1 is 0.964 bits per heavy atom. The number of unbranched alkanes of at least 4 members (excludes halogenated alkanes) is 1. The van der Waals surface area contributed by atoms with Crippen molar-refractivity contribution in [2.24, 2.45) is 11.5 Å². The minimum Gasteiger partial charge on any atom is -0.481 e. The summed E-state index contributed by atoms with van der Waals surface area (Å²) in [5.74, 6) is -3.90. The third-order valence-corrected chi connectivity index (χ3v) is 4.71. The number of nitrogens with two attached hydrogens (primary N) is 2. The second kappa shape index (κ2) is 14.0. The van der Waals surface area contributed by atoms with E-state index in [-0.39, 0.29) is 18.6 Å². The van der Waals surface area contributed by atoms with Crippen LogP contribution in [-0.4, -0.2) is 74.9 Å². The standard InChI is InChI=1S/C16H30N4O7S/c1-28(27)9-7-12(16(25)26)20-15(24)11(5-6-13(21)22)19-14(23)10(18)4-2-3-8-17/h10-12H,2-9,17-18H2,1H3,(H,19,23)(H,20,24)(H,21,22)(H,25,26)/t10-,11-,12-,28?/m0/s1. The maximum Gasteiger partial charge on any atom is 0.326 e. The molecule has 0 aromatic rings. The second-order valence-corrected chi connectivity index (χ2v) is 7.90. The number of amides is 2. The Kier molecular flexibility index (Phi) is 13.0. The minimum absolute atomic E-state index is 0.0649. The molecule has 0 saturated carbocycles. The van der Waals surface area contributed by atoms with E-state index in [2.05, 4.69) is 10.6 Å². The minimum atomic E-state index is -1.32. The van der Waals surface area contributed by atoms with Crippen LogP contribution in [0.25, 0.3) is 0 Å². The van der Waals surface area contributed by atoms with E-state index in [1.54, 1.807) is 0 Å². The molecule has 0 radical (unpaired) electrons. The lowest BCUT2D eigenvalue weighted by Crippen LogP contribution is -2.54. The smallest absolute Gasteiger partial charge is 0.326 e. The third kappa shape index (κ3) is 11.6. The van der Waals surface area contributed by atoms with Crippen LogP contribution in [0.5, 0.6) is 0 Å². The van der Waals surface area contributed by atoms with Crippen molar-refractivity contribution in [1.82, 2.24) is 10.6 Å². The number of hydrogen-bond donors (Lipinski definition) is 6. The zero-order valence-electron chi connectivity index (χ0n) is 15.9. The summed E-state index contributed by atoms with van der Waals surface area (Å²) in [5.41, 5.74) is 11.1. The summed E-state index contributed by atoms with van der Waals surface area (Å²) in [5, 5.41) is 22.7. The first kappa shape index (κ1) is 26.0. The van der Waals surface area contributed by atoms with Crippen molar-refractivity contribution in [3.05, 3.63) is 0 Å². The normalized spacial score (nSPS) is 15.1. The molecule has 0 aliphatic carbocycles. The average Bonchev–Trinajstić information content (AvgIpc) is 2.61. The maximum atomic E-state index is 12.4. The Labute approximate surface area is 166 Å². The fourth-order valence-electron chi connectivity index (χ4n) is 2.27. The highest BCUT2D eigenvalue weighted by Crippen LogP contribution is 2.04. The van der Waals surface area contributed by atoms with E-state index in [1.165, 1.54) is 6.26 Å². The molecule has 12 heteroatoms. The van der Waals surface area contributed by atoms with Gasteiger partial charge in [-0.1, -0.05) is 6.42 Å². The van der Waals surface area contributed by atoms with Gasteiger partial charge in [0, 0.05) is 29.2 Å². The van der Waals surface area contributed by atoms with Crippen LogP contribution in [0.4, 0.5) is 0 Å². The van der Waals surface area contributed by atoms with Gasteiger partial charge in [0.15, 0.2) is 0 Å². The zero-order chi connectivity index (χ0) is 21.7. The van der Waals surface area contributed by atoms with E-state index in [9.17, 15) is 28.5 Å². The molecule has 28 heavy (non-hydrogen) atoms. The highest BCUT2D eigenvalue weighted by molar-refractivity contribution is 7.84. The summed E-state index contributed by atoms with van der Waals surface area (Å²) < 4.78 is 11.2. The predicted molar refractivity (Wildman–Crippen MR) is 103 cm³/mol. The van der Waals surface area contributed by atoms with Gasteiger partial charge in [0.1, 0.15) is 12.1 Å². The molecule has 0 aromatic carbocycles. The lowest BCUT2D eigenvalue weighted by atomic mass is 10.1. The first-order valence-corrected chi connectivity index (χ1v) is 10.6. The first-order chi connectivity index (χ1) is 13.1. The number of aliphatic carboxylic acids is 2. The van der Waals surface area contributed by atoms with Crippen LogP contribution in [0.1, 0.15) is 38.5 Å². The van der Waals surface area contributed by atoms with E-state index in [4.69, 9.17) is 16.6 Å². The molecule has 162 valence electrons. The Balaban J connectivity index is 5.01. The Bertz CT molecular complexity index is 573. The van der Waals surface area contributed by atoms with Crippen molar-refractivity contribution in [2.45, 2.75) is 56.7 Å². The fourth-order valence-corrected chi connectivity index (χ4v) is 2.84. The molecule has 1 unspecified atom stereocenters. The van der Waals surface area contributed by atoms with Crippen molar-refractivity contribution in [2.75, 3.05) is 18.6 Å². The predicted octanol–water partition coefficient (Wildman–Crippen LogP) is -1.87. The van der Waals surface area contributed by atoms with Crippen molar-refractivity contribution < 1.29 is 33.6 Å². The zero-order valence-corrected chi connectivity index (χ0v) is 16.7. The molecule has 11 nitrogen and oxygen atoms in total. The maximum absolute atomic E-state index is 12.4. The number of carboxylic acid groups (broad SMARTS) is 2. The van der Waals surface area contributed by atoms with Gasteiger partial charge in [0.2, 0.25) is 11.8 Å². The van der Waals surface area contributed by atoms with Crippen molar-refractivity contribution >= 4 is 34.6 Å². The highest BCUT2D eigenvalue weighted by Gasteiger charge is 2.28. The van der Waals surface area contributed by atoms with Crippen LogP contribution >= 0.6 is 0 Å². The molecule has 2 amide bonds. The number of carboxylic acids is 2. The molecule has 0 aliphatic rings. The lowest BCUT2D eigenvalue weighted by molar-refractivity contribution is -0.143. The molecule has 0 spiro atoms. The molecule has 0 heterocycles. The molecule has 0 aliphatic heterocycles. The molecule has 0 rings (SSSR count). The summed E-state index contributed by atoms with van der Waals surface area (Å²) in [4.78, 5) is 46.7. The summed E-state index contributed by atoms with van der Waals surface area (Å²) in [6.45, 7) is 0.455. The van der Waals surface area contributed by atoms with Crippen LogP contribution < -0.4 is 22.1 Å². The number of carbonyl (C=O) groups is 4. The van der Waals surface area contributed by atoms with Crippen molar-refractivity contribution in [1.29, 1.82) is 0 Å². The van der Waals surface area contributed by atoms with Gasteiger partial charge >= 0.3 is 11.9 Å². The average molecular weight is 423 g/mol. The van der Waals surface area contributed by atoms with E-state index in [1.807, 2.05) is 0 Å². The Morgan fingerprint density at radius 3 is 2.07 bits per heavy atom. The van der Waals surface area contributed by atoms with Gasteiger partial charge < -0.3 is 32.3 Å². The van der Waals surface area contributed by atoms with Gasteiger partial charge in [0.25, 0.3) is 0 Å². The quantitative estimate of drug-likeness (QED) is 0.163. The molecular weight excluding hydrogens is 392 g/mol. The van der Waals surface area contributed by atoms with Gasteiger partial charge in [-0.3, -0.25) is 18.6 Å². The van der Waals surface area contributed by atoms with Crippen LogP contribution in [-0.2, 0) is 30.0 Å². The first-order valence-electron chi connectivity index (χ1n) is 8.89. The van der Waals surface area contributed by atoms with E-state index in [0.717, 1.165) is 0 Å². The molecule has 8 N–H and O–H groups in total. The lowest BCUT2D eigenvalue weighted by Gasteiger charge is -2.22. The number of carbonyl (C=O) groups excluding carboxylic acids is 2. The SMILES string of the molecule is CS(=O)CC[C@H](NC(=O)[C@H](CCC(=O)O)NC(=O)[C@@H](N)CCCCN)C(=O)O. The fraction of sp³-hybridized carbons (Fsp3) is 0.750. The van der Waals surface area contributed by atoms with Gasteiger partial charge in [-0.2, -0.15) is 0 Å².